The van der Waals surface area contributed by atoms with Crippen LogP contribution in [0.25, 0.3) is 0 Å². The van der Waals surface area contributed by atoms with Crippen LogP contribution in [0.15, 0.2) is 24.3 Å². The van der Waals surface area contributed by atoms with Crippen LogP contribution in [0.3, 0.4) is 0 Å². The molecule has 0 fully saturated rings. The zero-order chi connectivity index (χ0) is 29.0. The van der Waals surface area contributed by atoms with Gasteiger partial charge < -0.3 is 37.0 Å². The molecule has 0 saturated carbocycles. The number of carbonyl (C=O) groups is 5. The summed E-state index contributed by atoms with van der Waals surface area (Å²) in [7, 11) is 0. The second-order valence-corrected chi connectivity index (χ2v) is 10.2. The Morgan fingerprint density at radius 2 is 1.21 bits per heavy atom. The van der Waals surface area contributed by atoms with E-state index in [0.717, 1.165) is 5.56 Å². The zero-order valence-electron chi connectivity index (χ0n) is 22.3. The van der Waals surface area contributed by atoms with Crippen molar-refractivity contribution < 1.29 is 39.3 Å². The lowest BCUT2D eigenvalue weighted by Crippen LogP contribution is -2.57. The van der Waals surface area contributed by atoms with Crippen LogP contribution in [-0.2, 0) is 30.4 Å². The highest BCUT2D eigenvalue weighted by atomic mass is 16.4. The molecule has 3 amide bonds. The third kappa shape index (κ3) is 12.0. The van der Waals surface area contributed by atoms with Crippen molar-refractivity contribution in [2.24, 2.45) is 17.6 Å². The fourth-order valence-corrected chi connectivity index (χ4v) is 3.73. The second kappa shape index (κ2) is 15.6. The first kappa shape index (κ1) is 32.4. The molecule has 212 valence electrons. The van der Waals surface area contributed by atoms with Crippen molar-refractivity contribution in [2.45, 2.75) is 84.0 Å². The molecule has 38 heavy (non-hydrogen) atoms. The Morgan fingerprint density at radius 3 is 1.63 bits per heavy atom. The van der Waals surface area contributed by atoms with Gasteiger partial charge in [-0.2, -0.15) is 0 Å². The molecular formula is C26H40N4O8. The van der Waals surface area contributed by atoms with E-state index in [1.54, 1.807) is 12.1 Å². The van der Waals surface area contributed by atoms with Crippen LogP contribution in [-0.4, -0.2) is 69.1 Å². The summed E-state index contributed by atoms with van der Waals surface area (Å²) in [4.78, 5) is 61.3. The maximum absolute atomic E-state index is 13.2. The number of hydrogen-bond acceptors (Lipinski definition) is 7. The van der Waals surface area contributed by atoms with Gasteiger partial charge in [0.25, 0.3) is 0 Å². The van der Waals surface area contributed by atoms with E-state index < -0.39 is 60.2 Å². The minimum absolute atomic E-state index is 0.00385. The standard InChI is InChI=1S/C26H40N4O8/c1-14(2)11-20(29-23(34)18(27)13-16-5-7-17(31)8-6-16)25(36)30-21(12-15(3)4)24(35)28-19(26(37)38)9-10-22(32)33/h5-8,14-15,18-21,31H,9-13,27H2,1-4H3,(H,28,35)(H,29,34)(H,30,36)(H,32,33)(H,37,38). The number of aliphatic carboxylic acids is 2. The Balaban J connectivity index is 2.96. The lowest BCUT2D eigenvalue weighted by molar-refractivity contribution is -0.143. The van der Waals surface area contributed by atoms with Gasteiger partial charge in [-0.3, -0.25) is 19.2 Å². The van der Waals surface area contributed by atoms with Crippen molar-refractivity contribution in [3.05, 3.63) is 29.8 Å². The maximum atomic E-state index is 13.2. The van der Waals surface area contributed by atoms with Gasteiger partial charge in [0, 0.05) is 6.42 Å². The zero-order valence-corrected chi connectivity index (χ0v) is 22.3. The summed E-state index contributed by atoms with van der Waals surface area (Å²) in [6, 6.07) is 1.71. The summed E-state index contributed by atoms with van der Waals surface area (Å²) < 4.78 is 0. The number of benzene rings is 1. The summed E-state index contributed by atoms with van der Waals surface area (Å²) in [5.41, 5.74) is 6.77. The molecule has 4 atom stereocenters. The average molecular weight is 537 g/mol. The van der Waals surface area contributed by atoms with E-state index in [0.29, 0.717) is 0 Å². The normalized spacial score (nSPS) is 14.3. The van der Waals surface area contributed by atoms with Crippen LogP contribution in [0, 0.1) is 11.8 Å². The van der Waals surface area contributed by atoms with Crippen molar-refractivity contribution >= 4 is 29.7 Å². The summed E-state index contributed by atoms with van der Waals surface area (Å²) in [6.07, 6.45) is -0.149. The van der Waals surface area contributed by atoms with Gasteiger partial charge in [0.2, 0.25) is 17.7 Å². The SMILES string of the molecule is CC(C)CC(NC(=O)C(N)Cc1ccc(O)cc1)C(=O)NC(CC(C)C)C(=O)NC(CCC(=O)O)C(=O)O. The smallest absolute Gasteiger partial charge is 0.326 e. The van der Waals surface area contributed by atoms with Crippen molar-refractivity contribution in [3.63, 3.8) is 0 Å². The molecule has 0 aromatic heterocycles. The number of carboxylic acid groups (broad SMARTS) is 2. The number of phenols is 1. The molecule has 0 aliphatic rings. The molecule has 4 unspecified atom stereocenters. The molecule has 12 nitrogen and oxygen atoms in total. The average Bonchev–Trinajstić information content (AvgIpc) is 2.81. The Kier molecular flexibility index (Phi) is 13.2. The number of phenolic OH excluding ortho intramolecular Hbond substituents is 1. The summed E-state index contributed by atoms with van der Waals surface area (Å²) in [5.74, 6) is -4.50. The number of rotatable bonds is 16. The van der Waals surface area contributed by atoms with Crippen LogP contribution in [0.4, 0.5) is 0 Å². The molecule has 0 radical (unpaired) electrons. The van der Waals surface area contributed by atoms with Gasteiger partial charge in [0.15, 0.2) is 0 Å². The lowest BCUT2D eigenvalue weighted by Gasteiger charge is -2.26. The molecule has 0 spiro atoms. The minimum Gasteiger partial charge on any atom is -0.508 e. The third-order valence-electron chi connectivity index (χ3n) is 5.67. The molecule has 1 rings (SSSR count). The van der Waals surface area contributed by atoms with Gasteiger partial charge in [-0.15, -0.1) is 0 Å². The number of nitrogens with one attached hydrogen (secondary N) is 3. The second-order valence-electron chi connectivity index (χ2n) is 10.2. The van der Waals surface area contributed by atoms with Gasteiger partial charge >= 0.3 is 11.9 Å². The van der Waals surface area contributed by atoms with E-state index in [1.807, 2.05) is 27.7 Å². The van der Waals surface area contributed by atoms with Gasteiger partial charge in [-0.05, 0) is 55.2 Å². The van der Waals surface area contributed by atoms with E-state index in [9.17, 15) is 34.2 Å². The number of aromatic hydroxyl groups is 1. The topological polar surface area (TPSA) is 208 Å². The number of carbonyl (C=O) groups excluding carboxylic acids is 3. The van der Waals surface area contributed by atoms with Crippen molar-refractivity contribution in [1.82, 2.24) is 16.0 Å². The van der Waals surface area contributed by atoms with E-state index in [1.165, 1.54) is 12.1 Å². The van der Waals surface area contributed by atoms with E-state index >= 15 is 0 Å². The Morgan fingerprint density at radius 1 is 0.763 bits per heavy atom. The van der Waals surface area contributed by atoms with E-state index in [-0.39, 0.29) is 43.3 Å². The van der Waals surface area contributed by atoms with Crippen molar-refractivity contribution in [1.29, 1.82) is 0 Å². The monoisotopic (exact) mass is 536 g/mol. The molecule has 8 N–H and O–H groups in total. The number of carboxylic acids is 2. The first-order chi connectivity index (χ1) is 17.7. The Bertz CT molecular complexity index is 964. The third-order valence-corrected chi connectivity index (χ3v) is 5.67. The van der Waals surface area contributed by atoms with Gasteiger partial charge in [0.1, 0.15) is 23.9 Å². The minimum atomic E-state index is -1.44. The molecular weight excluding hydrogens is 496 g/mol. The fourth-order valence-electron chi connectivity index (χ4n) is 3.73. The highest BCUT2D eigenvalue weighted by Gasteiger charge is 2.31. The molecule has 12 heteroatoms. The largest absolute Gasteiger partial charge is 0.508 e. The Labute approximate surface area is 222 Å². The van der Waals surface area contributed by atoms with Gasteiger partial charge in [-0.1, -0.05) is 39.8 Å². The van der Waals surface area contributed by atoms with E-state index in [4.69, 9.17) is 10.8 Å². The maximum Gasteiger partial charge on any atom is 0.326 e. The molecule has 0 aliphatic heterocycles. The molecule has 0 aliphatic carbocycles. The van der Waals surface area contributed by atoms with Gasteiger partial charge in [0.05, 0.1) is 6.04 Å². The quantitative estimate of drug-likeness (QED) is 0.159. The van der Waals surface area contributed by atoms with Crippen LogP contribution < -0.4 is 21.7 Å². The van der Waals surface area contributed by atoms with Crippen molar-refractivity contribution in [3.8, 4) is 5.75 Å². The van der Waals surface area contributed by atoms with Crippen LogP contribution in [0.5, 0.6) is 5.75 Å². The highest BCUT2D eigenvalue weighted by Crippen LogP contribution is 2.13. The van der Waals surface area contributed by atoms with E-state index in [2.05, 4.69) is 16.0 Å². The number of hydrogen-bond donors (Lipinski definition) is 7. The fraction of sp³-hybridized carbons (Fsp3) is 0.577. The predicted octanol–water partition coefficient (Wildman–Crippen LogP) is 0.758. The van der Waals surface area contributed by atoms with Crippen molar-refractivity contribution in [2.75, 3.05) is 0 Å². The highest BCUT2D eigenvalue weighted by molar-refractivity contribution is 5.94. The van der Waals surface area contributed by atoms with Crippen LogP contribution in [0.2, 0.25) is 0 Å². The summed E-state index contributed by atoms with van der Waals surface area (Å²) in [5, 5.41) is 35.2. The number of nitrogens with two attached hydrogens (primary N) is 1. The lowest BCUT2D eigenvalue weighted by atomic mass is 9.99. The summed E-state index contributed by atoms with van der Waals surface area (Å²) >= 11 is 0. The molecule has 0 heterocycles. The first-order valence-corrected chi connectivity index (χ1v) is 12.6. The molecule has 1 aromatic carbocycles. The Hall–Kier alpha value is -3.67. The molecule has 0 bridgehead atoms. The molecule has 0 saturated heterocycles. The predicted molar refractivity (Wildman–Crippen MR) is 139 cm³/mol. The van der Waals surface area contributed by atoms with Crippen LogP contribution >= 0.6 is 0 Å². The molecule has 1 aromatic rings. The first-order valence-electron chi connectivity index (χ1n) is 12.6. The van der Waals surface area contributed by atoms with Crippen LogP contribution in [0.1, 0.15) is 58.9 Å². The number of amides is 3. The summed E-state index contributed by atoms with van der Waals surface area (Å²) in [6.45, 7) is 7.37. The van der Waals surface area contributed by atoms with Gasteiger partial charge in [-0.25, -0.2) is 4.79 Å².